The van der Waals surface area contributed by atoms with Crippen LogP contribution in [0.1, 0.15) is 45.1 Å². The molecule has 0 aromatic heterocycles. The summed E-state index contributed by atoms with van der Waals surface area (Å²) in [4.78, 5) is 35.7. The number of hydrogen-bond acceptors (Lipinski definition) is 6. The quantitative estimate of drug-likeness (QED) is 0.723. The minimum Gasteiger partial charge on any atom is -0.479 e. The number of hydrogen-bond donors (Lipinski definition) is 2. The van der Waals surface area contributed by atoms with Gasteiger partial charge < -0.3 is 14.8 Å². The highest BCUT2D eigenvalue weighted by molar-refractivity contribution is 5.95. The molecule has 2 N–H and O–H groups in total. The largest absolute Gasteiger partial charge is 0.479 e. The third-order valence-electron chi connectivity index (χ3n) is 4.65. The molecule has 3 atom stereocenters. The molecule has 0 bridgehead atoms. The van der Waals surface area contributed by atoms with E-state index in [1.807, 2.05) is 6.07 Å². The first kappa shape index (κ1) is 21.2. The second-order valence-electron chi connectivity index (χ2n) is 6.89. The van der Waals surface area contributed by atoms with Crippen LogP contribution in [0.25, 0.3) is 0 Å². The Kier molecular flexibility index (Phi) is 7.81. The van der Waals surface area contributed by atoms with E-state index in [4.69, 9.17) is 14.7 Å². The number of urea groups is 1. The van der Waals surface area contributed by atoms with Crippen LogP contribution < -0.4 is 15.4 Å². The number of ether oxygens (including phenoxy) is 2. The molecule has 0 heterocycles. The van der Waals surface area contributed by atoms with E-state index in [9.17, 15) is 14.4 Å². The summed E-state index contributed by atoms with van der Waals surface area (Å²) in [6.45, 7) is 2.98. The van der Waals surface area contributed by atoms with Crippen molar-refractivity contribution in [3.63, 3.8) is 0 Å². The topological polar surface area (TPSA) is 118 Å². The number of rotatable bonds is 6. The maximum Gasteiger partial charge on any atom is 0.347 e. The van der Waals surface area contributed by atoms with Crippen molar-refractivity contribution >= 4 is 17.9 Å². The molecule has 8 nitrogen and oxygen atoms in total. The first-order chi connectivity index (χ1) is 13.4. The predicted molar refractivity (Wildman–Crippen MR) is 100 cm³/mol. The zero-order valence-corrected chi connectivity index (χ0v) is 16.1. The molecular weight excluding hydrogens is 362 g/mol. The van der Waals surface area contributed by atoms with Gasteiger partial charge in [-0.25, -0.2) is 9.59 Å². The first-order valence-corrected chi connectivity index (χ1v) is 9.33. The van der Waals surface area contributed by atoms with Gasteiger partial charge in [-0.1, -0.05) is 19.8 Å². The molecule has 1 aromatic carbocycles. The lowest BCUT2D eigenvalue weighted by Crippen LogP contribution is -2.48. The minimum absolute atomic E-state index is 0.0462. The third-order valence-corrected chi connectivity index (χ3v) is 4.65. The number of nitrogens with one attached hydrogen (secondary N) is 2. The molecular formula is C20H25N3O5. The normalized spacial score (nSPS) is 19.6. The van der Waals surface area contributed by atoms with E-state index in [-0.39, 0.29) is 6.04 Å². The van der Waals surface area contributed by atoms with E-state index in [1.54, 1.807) is 24.3 Å². The minimum atomic E-state index is -0.947. The summed E-state index contributed by atoms with van der Waals surface area (Å²) in [6, 6.07) is 7.69. The standard InChI is InChI=1S/C20H25N3O5/c1-13-5-3-4-6-17(13)22-20(26)23-18(24)12-27-19(25)14(2)28-16-9-7-15(11-21)8-10-16/h7-10,13-14,17H,3-6,12H2,1-2H3,(H2,22,23,24,26). The van der Waals surface area contributed by atoms with Gasteiger partial charge in [0.25, 0.3) is 5.91 Å². The number of amides is 3. The maximum atomic E-state index is 11.9. The molecule has 8 heteroatoms. The number of carbonyl (C=O) groups excluding carboxylic acids is 3. The number of carbonyl (C=O) groups is 3. The monoisotopic (exact) mass is 387 g/mol. The SMILES string of the molecule is CC(Oc1ccc(C#N)cc1)C(=O)OCC(=O)NC(=O)NC1CCCCC1C. The summed E-state index contributed by atoms with van der Waals surface area (Å²) in [6.07, 6.45) is 3.20. The summed E-state index contributed by atoms with van der Waals surface area (Å²) in [5.41, 5.74) is 0.472. The van der Waals surface area contributed by atoms with Gasteiger partial charge in [0.1, 0.15) is 5.75 Å². The van der Waals surface area contributed by atoms with Crippen LogP contribution in [0.15, 0.2) is 24.3 Å². The van der Waals surface area contributed by atoms with Crippen LogP contribution >= 0.6 is 0 Å². The van der Waals surface area contributed by atoms with Gasteiger partial charge in [0.05, 0.1) is 11.6 Å². The summed E-state index contributed by atoms with van der Waals surface area (Å²) in [5.74, 6) is -0.678. The number of nitriles is 1. The van der Waals surface area contributed by atoms with Gasteiger partial charge in [-0.05, 0) is 49.9 Å². The van der Waals surface area contributed by atoms with Crippen LogP contribution in [0.4, 0.5) is 4.79 Å². The highest BCUT2D eigenvalue weighted by atomic mass is 16.6. The van der Waals surface area contributed by atoms with Crippen molar-refractivity contribution in [2.75, 3.05) is 6.61 Å². The van der Waals surface area contributed by atoms with Crippen LogP contribution in [0, 0.1) is 17.2 Å². The van der Waals surface area contributed by atoms with Crippen LogP contribution in [0.3, 0.4) is 0 Å². The number of imide groups is 1. The highest BCUT2D eigenvalue weighted by Crippen LogP contribution is 2.23. The van der Waals surface area contributed by atoms with Crippen molar-refractivity contribution in [3.8, 4) is 11.8 Å². The fourth-order valence-corrected chi connectivity index (χ4v) is 3.01. The lowest BCUT2D eigenvalue weighted by Gasteiger charge is -2.29. The van der Waals surface area contributed by atoms with Crippen LogP contribution in [0.2, 0.25) is 0 Å². The summed E-state index contributed by atoms with van der Waals surface area (Å²) in [5, 5.41) is 13.7. The molecule has 0 radical (unpaired) electrons. The van der Waals surface area contributed by atoms with E-state index in [0.717, 1.165) is 25.7 Å². The smallest absolute Gasteiger partial charge is 0.347 e. The Hall–Kier alpha value is -3.08. The van der Waals surface area contributed by atoms with E-state index in [0.29, 0.717) is 17.2 Å². The van der Waals surface area contributed by atoms with Crippen molar-refractivity contribution in [2.45, 2.75) is 51.7 Å². The molecule has 0 saturated heterocycles. The zero-order valence-electron chi connectivity index (χ0n) is 16.1. The fraction of sp³-hybridized carbons (Fsp3) is 0.500. The van der Waals surface area contributed by atoms with Crippen molar-refractivity contribution in [1.29, 1.82) is 5.26 Å². The lowest BCUT2D eigenvalue weighted by atomic mass is 9.86. The molecule has 1 aromatic rings. The summed E-state index contributed by atoms with van der Waals surface area (Å²) in [7, 11) is 0. The Morgan fingerprint density at radius 3 is 2.54 bits per heavy atom. The molecule has 1 aliphatic carbocycles. The van der Waals surface area contributed by atoms with Crippen molar-refractivity contribution < 1.29 is 23.9 Å². The zero-order chi connectivity index (χ0) is 20.5. The molecule has 3 unspecified atom stereocenters. The van der Waals surface area contributed by atoms with Gasteiger partial charge >= 0.3 is 12.0 Å². The van der Waals surface area contributed by atoms with Crippen molar-refractivity contribution in [3.05, 3.63) is 29.8 Å². The van der Waals surface area contributed by atoms with Crippen LogP contribution in [-0.4, -0.2) is 36.7 Å². The number of esters is 1. The van der Waals surface area contributed by atoms with Crippen molar-refractivity contribution in [1.82, 2.24) is 10.6 Å². The van der Waals surface area contributed by atoms with Crippen LogP contribution in [-0.2, 0) is 14.3 Å². The van der Waals surface area contributed by atoms with Gasteiger partial charge in [-0.2, -0.15) is 5.26 Å². The average Bonchev–Trinajstić information content (AvgIpc) is 2.68. The van der Waals surface area contributed by atoms with Gasteiger partial charge in [0.2, 0.25) is 0 Å². The molecule has 0 spiro atoms. The van der Waals surface area contributed by atoms with E-state index < -0.39 is 30.6 Å². The molecule has 2 rings (SSSR count). The number of nitrogens with zero attached hydrogens (tertiary/aromatic N) is 1. The Morgan fingerprint density at radius 2 is 1.89 bits per heavy atom. The molecule has 1 saturated carbocycles. The van der Waals surface area contributed by atoms with E-state index >= 15 is 0 Å². The summed E-state index contributed by atoms with van der Waals surface area (Å²) >= 11 is 0. The third kappa shape index (κ3) is 6.58. The first-order valence-electron chi connectivity index (χ1n) is 9.33. The molecule has 1 aliphatic rings. The molecule has 0 aliphatic heterocycles. The molecule has 150 valence electrons. The maximum absolute atomic E-state index is 11.9. The Bertz CT molecular complexity index is 741. The molecule has 3 amide bonds. The van der Waals surface area contributed by atoms with Gasteiger partial charge in [-0.3, -0.25) is 10.1 Å². The molecule has 1 fully saturated rings. The lowest BCUT2D eigenvalue weighted by molar-refractivity contribution is -0.154. The average molecular weight is 387 g/mol. The fourth-order valence-electron chi connectivity index (χ4n) is 3.01. The second-order valence-corrected chi connectivity index (χ2v) is 6.89. The Balaban J connectivity index is 1.71. The number of benzene rings is 1. The van der Waals surface area contributed by atoms with Gasteiger partial charge in [0, 0.05) is 6.04 Å². The Morgan fingerprint density at radius 1 is 1.21 bits per heavy atom. The van der Waals surface area contributed by atoms with Gasteiger partial charge in [-0.15, -0.1) is 0 Å². The van der Waals surface area contributed by atoms with E-state index in [1.165, 1.54) is 6.92 Å². The van der Waals surface area contributed by atoms with E-state index in [2.05, 4.69) is 17.6 Å². The molecule has 28 heavy (non-hydrogen) atoms. The second kappa shape index (κ2) is 10.3. The highest BCUT2D eigenvalue weighted by Gasteiger charge is 2.24. The summed E-state index contributed by atoms with van der Waals surface area (Å²) < 4.78 is 10.3. The Labute approximate surface area is 164 Å². The predicted octanol–water partition coefficient (Wildman–Crippen LogP) is 2.27. The van der Waals surface area contributed by atoms with Crippen LogP contribution in [0.5, 0.6) is 5.75 Å². The van der Waals surface area contributed by atoms with Gasteiger partial charge in [0.15, 0.2) is 12.7 Å². The van der Waals surface area contributed by atoms with Crippen molar-refractivity contribution in [2.24, 2.45) is 5.92 Å².